The first-order valence-electron chi connectivity index (χ1n) is 7.59. The molecule has 1 fully saturated rings. The summed E-state index contributed by atoms with van der Waals surface area (Å²) >= 11 is 0. The van der Waals surface area contributed by atoms with E-state index in [1.54, 1.807) is 6.08 Å². The molecule has 0 saturated heterocycles. The molecule has 1 aliphatic rings. The van der Waals surface area contributed by atoms with Crippen LogP contribution in [0.4, 0.5) is 0 Å². The van der Waals surface area contributed by atoms with Crippen LogP contribution in [0.2, 0.25) is 0 Å². The maximum absolute atomic E-state index is 12.3. The summed E-state index contributed by atoms with van der Waals surface area (Å²) in [6, 6.07) is 11.7. The van der Waals surface area contributed by atoms with Crippen LogP contribution in [0, 0.1) is 23.2 Å². The molecule has 3 atom stereocenters. The van der Waals surface area contributed by atoms with Crippen molar-refractivity contribution in [1.82, 2.24) is 5.32 Å². The number of carbonyl (C=O) groups excluding carboxylic acids is 1. The molecule has 21 heavy (non-hydrogen) atoms. The summed E-state index contributed by atoms with van der Waals surface area (Å²) in [5.41, 5.74) is 1.04. The fraction of sp³-hybridized carbons (Fsp3) is 0.444. The van der Waals surface area contributed by atoms with Crippen molar-refractivity contribution < 1.29 is 4.79 Å². The number of nitrogens with one attached hydrogen (secondary N) is 1. The van der Waals surface area contributed by atoms with Crippen molar-refractivity contribution in [2.45, 2.75) is 39.2 Å². The predicted octanol–water partition coefficient (Wildman–Crippen LogP) is 3.53. The molecule has 110 valence electrons. The summed E-state index contributed by atoms with van der Waals surface area (Å²) in [7, 11) is 0. The largest absolute Gasteiger partial charge is 0.348 e. The summed E-state index contributed by atoms with van der Waals surface area (Å²) in [4.78, 5) is 12.3. The second-order valence-electron chi connectivity index (χ2n) is 5.93. The van der Waals surface area contributed by atoms with Gasteiger partial charge in [-0.15, -0.1) is 0 Å². The Labute approximate surface area is 126 Å². The Morgan fingerprint density at radius 1 is 1.29 bits per heavy atom. The fourth-order valence-corrected chi connectivity index (χ4v) is 2.90. The number of amides is 1. The van der Waals surface area contributed by atoms with Gasteiger partial charge in [0.25, 0.3) is 5.91 Å². The number of hydrogen-bond acceptors (Lipinski definition) is 2. The van der Waals surface area contributed by atoms with E-state index in [1.165, 1.54) is 6.42 Å². The summed E-state index contributed by atoms with van der Waals surface area (Å²) in [5.74, 6) is 0.819. The van der Waals surface area contributed by atoms with Gasteiger partial charge in [0, 0.05) is 6.04 Å². The van der Waals surface area contributed by atoms with Crippen LogP contribution in [-0.2, 0) is 4.79 Å². The highest BCUT2D eigenvalue weighted by Crippen LogP contribution is 2.29. The Balaban J connectivity index is 2.07. The van der Waals surface area contributed by atoms with E-state index in [1.807, 2.05) is 36.4 Å². The van der Waals surface area contributed by atoms with Gasteiger partial charge in [0.2, 0.25) is 0 Å². The molecule has 1 saturated carbocycles. The lowest BCUT2D eigenvalue weighted by molar-refractivity contribution is -0.118. The van der Waals surface area contributed by atoms with Gasteiger partial charge in [-0.1, -0.05) is 57.0 Å². The van der Waals surface area contributed by atoms with Crippen LogP contribution in [0.15, 0.2) is 35.9 Å². The van der Waals surface area contributed by atoms with E-state index in [4.69, 9.17) is 0 Å². The fourth-order valence-electron chi connectivity index (χ4n) is 2.90. The molecule has 3 heteroatoms. The lowest BCUT2D eigenvalue weighted by atomic mass is 9.78. The van der Waals surface area contributed by atoms with Crippen LogP contribution in [0.1, 0.15) is 38.7 Å². The molecule has 0 radical (unpaired) electrons. The van der Waals surface area contributed by atoms with Gasteiger partial charge in [-0.2, -0.15) is 5.26 Å². The van der Waals surface area contributed by atoms with Crippen molar-refractivity contribution in [3.05, 3.63) is 41.5 Å². The Morgan fingerprint density at radius 2 is 2.00 bits per heavy atom. The molecule has 2 rings (SSSR count). The molecule has 1 amide bonds. The Hall–Kier alpha value is -2.08. The standard InChI is InChI=1S/C18H22N2O/c1-13-7-6-10-17(14(13)2)20-18(21)16(12-19)11-15-8-4-3-5-9-15/h3-5,8-9,11,13-14,17H,6-7,10H2,1-2H3,(H,20,21)/b16-11+/t13-,14-,17+/m0/s1. The molecular formula is C18H22N2O. The number of hydrogen-bond donors (Lipinski definition) is 1. The molecule has 0 aliphatic heterocycles. The van der Waals surface area contributed by atoms with E-state index >= 15 is 0 Å². The van der Waals surface area contributed by atoms with Gasteiger partial charge in [0.15, 0.2) is 0 Å². The highest BCUT2D eigenvalue weighted by atomic mass is 16.1. The van der Waals surface area contributed by atoms with Crippen LogP contribution in [-0.4, -0.2) is 11.9 Å². The first-order chi connectivity index (χ1) is 10.1. The Bertz CT molecular complexity index is 556. The normalized spacial score (nSPS) is 26.0. The number of nitrogens with zero attached hydrogens (tertiary/aromatic N) is 1. The van der Waals surface area contributed by atoms with Crippen LogP contribution >= 0.6 is 0 Å². The lowest BCUT2D eigenvalue weighted by Crippen LogP contribution is -2.44. The number of nitriles is 1. The molecule has 0 unspecified atom stereocenters. The first-order valence-corrected chi connectivity index (χ1v) is 7.59. The molecular weight excluding hydrogens is 260 g/mol. The van der Waals surface area contributed by atoms with E-state index in [0.29, 0.717) is 11.8 Å². The van der Waals surface area contributed by atoms with Crippen molar-refractivity contribution in [2.75, 3.05) is 0 Å². The van der Waals surface area contributed by atoms with Crippen molar-refractivity contribution >= 4 is 12.0 Å². The van der Waals surface area contributed by atoms with E-state index in [2.05, 4.69) is 19.2 Å². The summed E-state index contributed by atoms with van der Waals surface area (Å²) in [6.07, 6.45) is 5.01. The monoisotopic (exact) mass is 282 g/mol. The molecule has 0 heterocycles. The van der Waals surface area contributed by atoms with Crippen LogP contribution in [0.5, 0.6) is 0 Å². The van der Waals surface area contributed by atoms with Gasteiger partial charge < -0.3 is 5.32 Å². The average Bonchev–Trinajstić information content (AvgIpc) is 2.50. The van der Waals surface area contributed by atoms with E-state index in [9.17, 15) is 10.1 Å². The SMILES string of the molecule is C[C@H]1[C@@H](C)CCC[C@H]1NC(=O)/C(C#N)=C/c1ccccc1. The van der Waals surface area contributed by atoms with Crippen LogP contribution < -0.4 is 5.32 Å². The second-order valence-corrected chi connectivity index (χ2v) is 5.93. The third kappa shape index (κ3) is 3.95. The van der Waals surface area contributed by atoms with Crippen molar-refractivity contribution in [3.8, 4) is 6.07 Å². The van der Waals surface area contributed by atoms with Gasteiger partial charge in [-0.3, -0.25) is 4.79 Å². The first kappa shape index (κ1) is 15.3. The number of rotatable bonds is 3. The predicted molar refractivity (Wildman–Crippen MR) is 84.1 cm³/mol. The molecule has 3 nitrogen and oxygen atoms in total. The molecule has 1 aliphatic carbocycles. The molecule has 1 aromatic carbocycles. The molecule has 0 bridgehead atoms. The maximum atomic E-state index is 12.3. The second kappa shape index (κ2) is 7.08. The van der Waals surface area contributed by atoms with Gasteiger partial charge in [-0.25, -0.2) is 0 Å². The van der Waals surface area contributed by atoms with Crippen molar-refractivity contribution in [1.29, 1.82) is 5.26 Å². The zero-order valence-corrected chi connectivity index (χ0v) is 12.7. The van der Waals surface area contributed by atoms with Crippen LogP contribution in [0.3, 0.4) is 0 Å². The quantitative estimate of drug-likeness (QED) is 0.681. The van der Waals surface area contributed by atoms with Crippen molar-refractivity contribution in [3.63, 3.8) is 0 Å². The Morgan fingerprint density at radius 3 is 2.67 bits per heavy atom. The van der Waals surface area contributed by atoms with Gasteiger partial charge >= 0.3 is 0 Å². The van der Waals surface area contributed by atoms with Crippen LogP contribution in [0.25, 0.3) is 6.08 Å². The zero-order valence-electron chi connectivity index (χ0n) is 12.7. The zero-order chi connectivity index (χ0) is 15.2. The summed E-state index contributed by atoms with van der Waals surface area (Å²) in [5, 5.41) is 12.3. The smallest absolute Gasteiger partial charge is 0.262 e. The molecule has 1 N–H and O–H groups in total. The van der Waals surface area contributed by atoms with Gasteiger partial charge in [0.1, 0.15) is 11.6 Å². The molecule has 1 aromatic rings. The minimum atomic E-state index is -0.257. The lowest BCUT2D eigenvalue weighted by Gasteiger charge is -2.34. The number of carbonyl (C=O) groups is 1. The number of benzene rings is 1. The highest BCUT2D eigenvalue weighted by Gasteiger charge is 2.28. The average molecular weight is 282 g/mol. The molecule has 0 spiro atoms. The summed E-state index contributed by atoms with van der Waals surface area (Å²) < 4.78 is 0. The highest BCUT2D eigenvalue weighted by molar-refractivity contribution is 6.01. The minimum Gasteiger partial charge on any atom is -0.348 e. The van der Waals surface area contributed by atoms with E-state index in [-0.39, 0.29) is 17.5 Å². The Kier molecular flexibility index (Phi) is 5.16. The van der Waals surface area contributed by atoms with E-state index < -0.39 is 0 Å². The third-order valence-corrected chi connectivity index (χ3v) is 4.50. The molecule has 0 aromatic heterocycles. The van der Waals surface area contributed by atoms with Crippen molar-refractivity contribution in [2.24, 2.45) is 11.8 Å². The van der Waals surface area contributed by atoms with E-state index in [0.717, 1.165) is 18.4 Å². The minimum absolute atomic E-state index is 0.173. The maximum Gasteiger partial charge on any atom is 0.262 e. The third-order valence-electron chi connectivity index (χ3n) is 4.50. The topological polar surface area (TPSA) is 52.9 Å². The van der Waals surface area contributed by atoms with Gasteiger partial charge in [0.05, 0.1) is 0 Å². The summed E-state index contributed by atoms with van der Waals surface area (Å²) in [6.45, 7) is 4.41. The van der Waals surface area contributed by atoms with Gasteiger partial charge in [-0.05, 0) is 29.9 Å².